The van der Waals surface area contributed by atoms with E-state index in [1.165, 1.54) is 0 Å². The van der Waals surface area contributed by atoms with Gasteiger partial charge in [-0.3, -0.25) is 4.90 Å². The predicted molar refractivity (Wildman–Crippen MR) is 82.1 cm³/mol. The molecule has 1 aliphatic heterocycles. The Morgan fingerprint density at radius 2 is 1.90 bits per heavy atom. The summed E-state index contributed by atoms with van der Waals surface area (Å²) in [7, 11) is 0. The van der Waals surface area contributed by atoms with Crippen molar-refractivity contribution in [3.8, 4) is 0 Å². The second-order valence-corrected chi connectivity index (χ2v) is 6.45. The van der Waals surface area contributed by atoms with Crippen molar-refractivity contribution < 1.29 is 13.9 Å². The lowest BCUT2D eigenvalue weighted by Crippen LogP contribution is -2.51. The van der Waals surface area contributed by atoms with Crippen molar-refractivity contribution >= 4 is 11.8 Å². The van der Waals surface area contributed by atoms with Gasteiger partial charge in [0.25, 0.3) is 5.92 Å². The van der Waals surface area contributed by atoms with Gasteiger partial charge >= 0.3 is 0 Å². The summed E-state index contributed by atoms with van der Waals surface area (Å²) in [5.41, 5.74) is 0.566. The molecular formula is C15H22F2N2OS. The Kier molecular flexibility index (Phi) is 5.98. The van der Waals surface area contributed by atoms with Crippen LogP contribution in [-0.2, 0) is 0 Å². The predicted octanol–water partition coefficient (Wildman–Crippen LogP) is 2.37. The second kappa shape index (κ2) is 7.54. The lowest BCUT2D eigenvalue weighted by Gasteiger charge is -2.38. The monoisotopic (exact) mass is 316 g/mol. The summed E-state index contributed by atoms with van der Waals surface area (Å²) in [6.07, 6.45) is 0. The fourth-order valence-electron chi connectivity index (χ4n) is 2.66. The quantitative estimate of drug-likeness (QED) is 0.790. The van der Waals surface area contributed by atoms with Gasteiger partial charge < -0.3 is 10.4 Å². The van der Waals surface area contributed by atoms with Gasteiger partial charge in [-0.1, -0.05) is 19.1 Å². The molecule has 1 fully saturated rings. The molecule has 0 spiro atoms. The first-order valence-corrected chi connectivity index (χ1v) is 8.23. The smallest absolute Gasteiger partial charge is 0.289 e. The molecule has 0 aromatic heterocycles. The topological polar surface area (TPSA) is 35.5 Å². The maximum absolute atomic E-state index is 14.2. The highest BCUT2D eigenvalue weighted by Crippen LogP contribution is 2.37. The molecular weight excluding hydrogens is 294 g/mol. The van der Waals surface area contributed by atoms with Crippen LogP contribution in [0.4, 0.5) is 8.78 Å². The number of nitrogens with one attached hydrogen (secondary N) is 1. The zero-order chi connectivity index (χ0) is 15.3. The number of benzene rings is 1. The van der Waals surface area contributed by atoms with E-state index in [1.54, 1.807) is 28.8 Å². The number of nitrogens with zero attached hydrogens (tertiary/aromatic N) is 1. The molecule has 1 aromatic rings. The number of aliphatic hydroxyl groups is 1. The van der Waals surface area contributed by atoms with Crippen LogP contribution < -0.4 is 5.32 Å². The first-order chi connectivity index (χ1) is 10.1. The number of halogens is 2. The molecule has 3 nitrogen and oxygen atoms in total. The zero-order valence-corrected chi connectivity index (χ0v) is 13.0. The third-order valence-corrected chi connectivity index (χ3v) is 4.53. The number of rotatable bonds is 6. The Balaban J connectivity index is 2.25. The number of hydrogen-bond donors (Lipinski definition) is 2. The molecule has 1 aromatic carbocycles. The Labute approximate surface area is 128 Å². The molecule has 6 heteroatoms. The normalized spacial score (nSPS) is 18.7. The van der Waals surface area contributed by atoms with Gasteiger partial charge in [0, 0.05) is 31.1 Å². The van der Waals surface area contributed by atoms with Crippen LogP contribution in [0.3, 0.4) is 0 Å². The van der Waals surface area contributed by atoms with Crippen LogP contribution >= 0.6 is 11.8 Å². The third kappa shape index (κ3) is 4.16. The van der Waals surface area contributed by atoms with Crippen LogP contribution in [0.5, 0.6) is 0 Å². The molecule has 21 heavy (non-hydrogen) atoms. The van der Waals surface area contributed by atoms with Crippen LogP contribution in [0.25, 0.3) is 0 Å². The molecule has 2 N–H and O–H groups in total. The van der Waals surface area contributed by atoms with Crippen molar-refractivity contribution in [1.29, 1.82) is 0 Å². The van der Waals surface area contributed by atoms with Crippen LogP contribution in [0.1, 0.15) is 18.5 Å². The minimum absolute atomic E-state index is 0.561. The van der Waals surface area contributed by atoms with Crippen molar-refractivity contribution in [3.05, 3.63) is 29.8 Å². The van der Waals surface area contributed by atoms with E-state index in [-0.39, 0.29) is 0 Å². The summed E-state index contributed by atoms with van der Waals surface area (Å²) >= 11 is 1.68. The molecule has 1 aliphatic rings. The van der Waals surface area contributed by atoms with Gasteiger partial charge in [-0.15, -0.1) is 11.8 Å². The zero-order valence-electron chi connectivity index (χ0n) is 12.2. The molecule has 0 saturated carbocycles. The Bertz CT molecular complexity index is 436. The largest absolute Gasteiger partial charge is 0.390 e. The molecule has 0 amide bonds. The van der Waals surface area contributed by atoms with Gasteiger partial charge in [-0.2, -0.15) is 0 Å². The van der Waals surface area contributed by atoms with Gasteiger partial charge in [0.1, 0.15) is 12.6 Å². The summed E-state index contributed by atoms with van der Waals surface area (Å²) < 4.78 is 28.4. The molecule has 2 rings (SSSR count). The third-order valence-electron chi connectivity index (χ3n) is 3.63. The first-order valence-electron chi connectivity index (χ1n) is 7.24. The highest BCUT2D eigenvalue weighted by atomic mass is 32.2. The number of thioether (sulfide) groups is 1. The van der Waals surface area contributed by atoms with Crippen molar-refractivity contribution in [2.75, 3.05) is 38.5 Å². The van der Waals surface area contributed by atoms with Crippen molar-refractivity contribution in [2.45, 2.75) is 23.8 Å². The van der Waals surface area contributed by atoms with Crippen molar-refractivity contribution in [3.63, 3.8) is 0 Å². The van der Waals surface area contributed by atoms with Gasteiger partial charge in [-0.05, 0) is 23.4 Å². The van der Waals surface area contributed by atoms with E-state index >= 15 is 0 Å². The molecule has 1 heterocycles. The summed E-state index contributed by atoms with van der Waals surface area (Å²) in [6.45, 7) is 3.44. The number of piperazine rings is 1. The summed E-state index contributed by atoms with van der Waals surface area (Å²) in [5.74, 6) is -2.19. The van der Waals surface area contributed by atoms with Gasteiger partial charge in [0.15, 0.2) is 0 Å². The first kappa shape index (κ1) is 16.7. The molecule has 0 unspecified atom stereocenters. The fraction of sp³-hybridized carbons (Fsp3) is 0.600. The van der Waals surface area contributed by atoms with E-state index in [0.29, 0.717) is 31.7 Å². The van der Waals surface area contributed by atoms with Gasteiger partial charge in [-0.25, -0.2) is 8.78 Å². The number of alkyl halides is 2. The second-order valence-electron chi connectivity index (χ2n) is 5.11. The van der Waals surface area contributed by atoms with Crippen LogP contribution in [0.15, 0.2) is 29.2 Å². The van der Waals surface area contributed by atoms with Crippen molar-refractivity contribution in [1.82, 2.24) is 10.2 Å². The molecule has 0 aliphatic carbocycles. The molecule has 1 atom stereocenters. The lowest BCUT2D eigenvalue weighted by atomic mass is 9.98. The minimum Gasteiger partial charge on any atom is -0.390 e. The van der Waals surface area contributed by atoms with Gasteiger partial charge in [0.05, 0.1) is 0 Å². The van der Waals surface area contributed by atoms with Gasteiger partial charge in [0.2, 0.25) is 0 Å². The standard InChI is InChI=1S/C15H22F2N2OS/c1-2-21-13-5-3-12(4-6-13)14(15(16,17)11-20)19-9-7-18-8-10-19/h3-6,14,18,20H,2,7-11H2,1H3/t14-/m1/s1. The SMILES string of the molecule is CCSc1ccc([C@@H](N2CCNCC2)C(F)(F)CO)cc1. The fourth-order valence-corrected chi connectivity index (χ4v) is 3.32. The summed E-state index contributed by atoms with van der Waals surface area (Å²) in [5, 5.41) is 12.3. The average molecular weight is 316 g/mol. The molecule has 118 valence electrons. The highest BCUT2D eigenvalue weighted by molar-refractivity contribution is 7.99. The van der Waals surface area contributed by atoms with Crippen molar-refractivity contribution in [2.24, 2.45) is 0 Å². The summed E-state index contributed by atoms with van der Waals surface area (Å²) in [4.78, 5) is 2.84. The van der Waals surface area contributed by atoms with Crippen LogP contribution in [-0.4, -0.2) is 54.5 Å². The van der Waals surface area contributed by atoms with E-state index in [4.69, 9.17) is 5.11 Å². The number of hydrogen-bond acceptors (Lipinski definition) is 4. The highest BCUT2D eigenvalue weighted by Gasteiger charge is 2.43. The van der Waals surface area contributed by atoms with E-state index < -0.39 is 18.6 Å². The minimum atomic E-state index is -3.14. The Morgan fingerprint density at radius 3 is 2.43 bits per heavy atom. The Morgan fingerprint density at radius 1 is 1.29 bits per heavy atom. The molecule has 1 saturated heterocycles. The number of aliphatic hydroxyl groups excluding tert-OH is 1. The van der Waals surface area contributed by atoms with E-state index in [1.807, 2.05) is 12.1 Å². The van der Waals surface area contributed by atoms with E-state index in [2.05, 4.69) is 12.2 Å². The Hall–Kier alpha value is -0.690. The lowest BCUT2D eigenvalue weighted by molar-refractivity contribution is -0.118. The van der Waals surface area contributed by atoms with Crippen LogP contribution in [0.2, 0.25) is 0 Å². The summed E-state index contributed by atoms with van der Waals surface area (Å²) in [6, 6.07) is 6.21. The van der Waals surface area contributed by atoms with E-state index in [9.17, 15) is 8.78 Å². The maximum Gasteiger partial charge on any atom is 0.289 e. The molecule has 0 radical (unpaired) electrons. The van der Waals surface area contributed by atoms with Crippen LogP contribution in [0, 0.1) is 0 Å². The molecule has 0 bridgehead atoms. The maximum atomic E-state index is 14.2. The van der Waals surface area contributed by atoms with E-state index in [0.717, 1.165) is 10.6 Å². The average Bonchev–Trinajstić information content (AvgIpc) is 2.50.